The summed E-state index contributed by atoms with van der Waals surface area (Å²) in [5.74, 6) is 0. The van der Waals surface area contributed by atoms with E-state index < -0.39 is 0 Å². The highest BCUT2D eigenvalue weighted by Crippen LogP contribution is 2.37. The lowest BCUT2D eigenvalue weighted by Crippen LogP contribution is -2.40. The summed E-state index contributed by atoms with van der Waals surface area (Å²) in [6.07, 6.45) is 2.34. The van der Waals surface area contributed by atoms with Crippen LogP contribution < -0.4 is 5.32 Å². The van der Waals surface area contributed by atoms with Gasteiger partial charge in [-0.3, -0.25) is 0 Å². The van der Waals surface area contributed by atoms with Gasteiger partial charge in [-0.2, -0.15) is 11.3 Å². The van der Waals surface area contributed by atoms with E-state index in [1.165, 1.54) is 12.0 Å². The Kier molecular flexibility index (Phi) is 3.44. The van der Waals surface area contributed by atoms with E-state index in [4.69, 9.17) is 4.74 Å². The normalized spacial score (nSPS) is 28.1. The Labute approximate surface area is 95.6 Å². The van der Waals surface area contributed by atoms with Gasteiger partial charge < -0.3 is 10.1 Å². The molecule has 1 aliphatic heterocycles. The second kappa shape index (κ2) is 4.64. The molecule has 1 saturated heterocycles. The molecule has 0 spiro atoms. The van der Waals surface area contributed by atoms with E-state index in [2.05, 4.69) is 36.0 Å². The molecule has 0 bridgehead atoms. The zero-order chi connectivity index (χ0) is 10.7. The van der Waals surface area contributed by atoms with Crippen molar-refractivity contribution < 1.29 is 4.74 Å². The summed E-state index contributed by atoms with van der Waals surface area (Å²) in [5, 5.41) is 7.91. The van der Waals surface area contributed by atoms with Crippen molar-refractivity contribution >= 4 is 11.3 Å². The molecule has 1 N–H and O–H groups in total. The number of hydrogen-bond acceptors (Lipinski definition) is 3. The molecule has 1 aliphatic rings. The second-order valence-electron chi connectivity index (χ2n) is 4.31. The average molecular weight is 225 g/mol. The molecule has 2 unspecified atom stereocenters. The predicted molar refractivity (Wildman–Crippen MR) is 64.3 cm³/mol. The van der Waals surface area contributed by atoms with Crippen LogP contribution in [0.1, 0.15) is 38.3 Å². The lowest BCUT2D eigenvalue weighted by atomic mass is 9.89. The summed E-state index contributed by atoms with van der Waals surface area (Å²) in [6, 6.07) is 2.54. The molecule has 0 aliphatic carbocycles. The van der Waals surface area contributed by atoms with Crippen LogP contribution in [0.3, 0.4) is 0 Å². The minimum absolute atomic E-state index is 0.0168. The SMILES string of the molecule is CCNC(c1ccsc1)C1(C)CCCO1. The molecule has 1 aromatic rings. The standard InChI is InChI=1S/C12H19NOS/c1-3-13-11(10-5-8-15-9-10)12(2)6-4-7-14-12/h5,8-9,11,13H,3-4,6-7H2,1-2H3. The Morgan fingerprint density at radius 2 is 2.53 bits per heavy atom. The quantitative estimate of drug-likeness (QED) is 0.850. The fourth-order valence-electron chi connectivity index (χ4n) is 2.36. The Morgan fingerprint density at radius 3 is 3.07 bits per heavy atom. The van der Waals surface area contributed by atoms with E-state index in [0.717, 1.165) is 19.6 Å². The maximum Gasteiger partial charge on any atom is 0.0849 e. The minimum atomic E-state index is -0.0168. The molecule has 1 fully saturated rings. The van der Waals surface area contributed by atoms with Gasteiger partial charge in [-0.25, -0.2) is 0 Å². The zero-order valence-corrected chi connectivity index (χ0v) is 10.3. The lowest BCUT2D eigenvalue weighted by molar-refractivity contribution is -0.0119. The maximum atomic E-state index is 5.92. The predicted octanol–water partition coefficient (Wildman–Crippen LogP) is 2.97. The van der Waals surface area contributed by atoms with Gasteiger partial charge in [0.1, 0.15) is 0 Å². The van der Waals surface area contributed by atoms with Gasteiger partial charge in [0.15, 0.2) is 0 Å². The zero-order valence-electron chi connectivity index (χ0n) is 9.45. The third-order valence-electron chi connectivity index (χ3n) is 3.14. The van der Waals surface area contributed by atoms with Crippen LogP contribution in [0.15, 0.2) is 16.8 Å². The van der Waals surface area contributed by atoms with Gasteiger partial charge >= 0.3 is 0 Å². The molecule has 3 heteroatoms. The van der Waals surface area contributed by atoms with Crippen LogP contribution in [0.25, 0.3) is 0 Å². The Morgan fingerprint density at radius 1 is 1.67 bits per heavy atom. The molecule has 0 aromatic carbocycles. The van der Waals surface area contributed by atoms with Crippen molar-refractivity contribution in [1.29, 1.82) is 0 Å². The molecule has 2 atom stereocenters. The minimum Gasteiger partial charge on any atom is -0.373 e. The lowest BCUT2D eigenvalue weighted by Gasteiger charge is -2.33. The molecule has 2 heterocycles. The number of thiophene rings is 1. The number of nitrogens with one attached hydrogen (secondary N) is 1. The van der Waals surface area contributed by atoms with E-state index in [0.29, 0.717) is 6.04 Å². The van der Waals surface area contributed by atoms with Gasteiger partial charge in [-0.05, 0) is 48.7 Å². The molecule has 1 aromatic heterocycles. The highest BCUT2D eigenvalue weighted by atomic mass is 32.1. The first kappa shape index (κ1) is 11.1. The van der Waals surface area contributed by atoms with Crippen molar-refractivity contribution in [2.45, 2.75) is 38.3 Å². The first-order valence-electron chi connectivity index (χ1n) is 5.66. The van der Waals surface area contributed by atoms with Gasteiger partial charge in [0.25, 0.3) is 0 Å². The first-order valence-corrected chi connectivity index (χ1v) is 6.60. The fourth-order valence-corrected chi connectivity index (χ4v) is 3.04. The fraction of sp³-hybridized carbons (Fsp3) is 0.667. The Hall–Kier alpha value is -0.380. The third kappa shape index (κ3) is 2.25. The van der Waals surface area contributed by atoms with Crippen LogP contribution in [0.2, 0.25) is 0 Å². The summed E-state index contributed by atoms with van der Waals surface area (Å²) in [7, 11) is 0. The molecule has 0 saturated carbocycles. The van der Waals surface area contributed by atoms with Crippen LogP contribution in [-0.2, 0) is 4.74 Å². The second-order valence-corrected chi connectivity index (χ2v) is 5.09. The van der Waals surface area contributed by atoms with Crippen LogP contribution in [0, 0.1) is 0 Å². The van der Waals surface area contributed by atoms with Gasteiger partial charge in [0.2, 0.25) is 0 Å². The summed E-state index contributed by atoms with van der Waals surface area (Å²) in [6.45, 7) is 6.27. The number of rotatable bonds is 4. The van der Waals surface area contributed by atoms with Crippen LogP contribution in [-0.4, -0.2) is 18.8 Å². The molecule has 84 valence electrons. The summed E-state index contributed by atoms with van der Waals surface area (Å²) < 4.78 is 5.92. The number of hydrogen-bond donors (Lipinski definition) is 1. The van der Waals surface area contributed by atoms with Crippen LogP contribution >= 0.6 is 11.3 Å². The van der Waals surface area contributed by atoms with E-state index >= 15 is 0 Å². The number of ether oxygens (including phenoxy) is 1. The van der Waals surface area contributed by atoms with Crippen molar-refractivity contribution in [1.82, 2.24) is 5.32 Å². The largest absolute Gasteiger partial charge is 0.373 e. The molecule has 15 heavy (non-hydrogen) atoms. The number of likely N-dealkylation sites (N-methyl/N-ethyl adjacent to an activating group) is 1. The maximum absolute atomic E-state index is 5.92. The Balaban J connectivity index is 2.19. The summed E-state index contributed by atoms with van der Waals surface area (Å²) >= 11 is 1.76. The van der Waals surface area contributed by atoms with Crippen molar-refractivity contribution in [2.75, 3.05) is 13.2 Å². The van der Waals surface area contributed by atoms with Gasteiger partial charge in [-0.1, -0.05) is 6.92 Å². The summed E-state index contributed by atoms with van der Waals surface area (Å²) in [4.78, 5) is 0. The molecular weight excluding hydrogens is 206 g/mol. The van der Waals surface area contributed by atoms with Crippen LogP contribution in [0.4, 0.5) is 0 Å². The highest BCUT2D eigenvalue weighted by molar-refractivity contribution is 7.07. The van der Waals surface area contributed by atoms with E-state index in [-0.39, 0.29) is 5.60 Å². The van der Waals surface area contributed by atoms with Crippen LogP contribution in [0.5, 0.6) is 0 Å². The van der Waals surface area contributed by atoms with Crippen molar-refractivity contribution in [3.63, 3.8) is 0 Å². The average Bonchev–Trinajstić information content (AvgIpc) is 2.85. The molecular formula is C12H19NOS. The molecule has 0 amide bonds. The first-order chi connectivity index (χ1) is 7.26. The molecule has 2 nitrogen and oxygen atoms in total. The van der Waals surface area contributed by atoms with Crippen molar-refractivity contribution in [2.24, 2.45) is 0 Å². The summed E-state index contributed by atoms with van der Waals surface area (Å²) in [5.41, 5.74) is 1.35. The van der Waals surface area contributed by atoms with Gasteiger partial charge in [-0.15, -0.1) is 0 Å². The van der Waals surface area contributed by atoms with Gasteiger partial charge in [0.05, 0.1) is 11.6 Å². The topological polar surface area (TPSA) is 21.3 Å². The van der Waals surface area contributed by atoms with E-state index in [9.17, 15) is 0 Å². The van der Waals surface area contributed by atoms with E-state index in [1.807, 2.05) is 0 Å². The molecule has 0 radical (unpaired) electrons. The molecule has 2 rings (SSSR count). The third-order valence-corrected chi connectivity index (χ3v) is 3.85. The monoisotopic (exact) mass is 225 g/mol. The van der Waals surface area contributed by atoms with Gasteiger partial charge in [0, 0.05) is 6.61 Å². The smallest absolute Gasteiger partial charge is 0.0849 e. The van der Waals surface area contributed by atoms with Crippen molar-refractivity contribution in [3.8, 4) is 0 Å². The van der Waals surface area contributed by atoms with Crippen molar-refractivity contribution in [3.05, 3.63) is 22.4 Å². The van der Waals surface area contributed by atoms with E-state index in [1.54, 1.807) is 11.3 Å². The highest BCUT2D eigenvalue weighted by Gasteiger charge is 2.38. The Bertz CT molecular complexity index is 291.